The average Bonchev–Trinajstić information content (AvgIpc) is 3.20. The number of carbonyl (C=O) groups is 2. The van der Waals surface area contributed by atoms with Crippen molar-refractivity contribution in [2.45, 2.75) is 44.6 Å². The van der Waals surface area contributed by atoms with Gasteiger partial charge in [0.15, 0.2) is 5.82 Å². The molecule has 1 aromatic heterocycles. The second-order valence-electron chi connectivity index (χ2n) is 8.49. The maximum atomic E-state index is 13.6. The molecule has 2 aliphatic rings. The second kappa shape index (κ2) is 8.07. The molecule has 0 bridgehead atoms. The number of hydrogen-bond donors (Lipinski definition) is 0. The fourth-order valence-electron chi connectivity index (χ4n) is 4.41. The molecule has 0 aliphatic carbocycles. The summed E-state index contributed by atoms with van der Waals surface area (Å²) in [5.74, 6) is 0.241. The Hall–Kier alpha value is -3.17. The SMILES string of the molecule is CC(C)N1CC(=O)N(Cc2ccc(C(F)(F)F)cc2)C2(CCN(c3cccnn3)C2)C1=O. The molecule has 2 amide bonds. The molecular formula is C22H24F3N5O2. The molecule has 2 aliphatic heterocycles. The van der Waals surface area contributed by atoms with E-state index in [4.69, 9.17) is 0 Å². The molecule has 1 unspecified atom stereocenters. The van der Waals surface area contributed by atoms with Crippen molar-refractivity contribution >= 4 is 17.6 Å². The molecule has 1 spiro atoms. The third kappa shape index (κ3) is 3.89. The van der Waals surface area contributed by atoms with E-state index in [0.29, 0.717) is 24.3 Å². The standard InChI is InChI=1S/C22H24F3N5O2/c1-15(2)29-13-19(31)30(12-16-5-7-17(8-6-16)22(23,24)25)21(20(29)32)9-11-28(14-21)18-4-3-10-26-27-18/h3-8,10,15H,9,11-14H2,1-2H3. The molecule has 1 aromatic carbocycles. The largest absolute Gasteiger partial charge is 0.416 e. The van der Waals surface area contributed by atoms with E-state index in [1.54, 1.807) is 23.2 Å². The van der Waals surface area contributed by atoms with Crippen molar-refractivity contribution in [1.29, 1.82) is 0 Å². The highest BCUT2D eigenvalue weighted by molar-refractivity contribution is 5.99. The van der Waals surface area contributed by atoms with Crippen LogP contribution in [0.1, 0.15) is 31.4 Å². The summed E-state index contributed by atoms with van der Waals surface area (Å²) in [7, 11) is 0. The first kappa shape index (κ1) is 22.0. The number of rotatable bonds is 4. The summed E-state index contributed by atoms with van der Waals surface area (Å²) in [6, 6.07) is 8.11. The van der Waals surface area contributed by atoms with Gasteiger partial charge in [-0.3, -0.25) is 9.59 Å². The Labute approximate surface area is 183 Å². The van der Waals surface area contributed by atoms with E-state index in [0.717, 1.165) is 12.1 Å². The second-order valence-corrected chi connectivity index (χ2v) is 8.49. The highest BCUT2D eigenvalue weighted by Gasteiger charge is 2.56. The summed E-state index contributed by atoms with van der Waals surface area (Å²) in [5.41, 5.74) is -1.33. The first-order chi connectivity index (χ1) is 15.1. The van der Waals surface area contributed by atoms with Gasteiger partial charge in [-0.15, -0.1) is 5.10 Å². The van der Waals surface area contributed by atoms with E-state index in [1.165, 1.54) is 17.0 Å². The zero-order valence-corrected chi connectivity index (χ0v) is 17.8. The molecule has 0 saturated carbocycles. The lowest BCUT2D eigenvalue weighted by molar-refractivity contribution is -0.166. The van der Waals surface area contributed by atoms with E-state index < -0.39 is 17.3 Å². The lowest BCUT2D eigenvalue weighted by atomic mass is 9.89. The molecule has 1 atom stereocenters. The van der Waals surface area contributed by atoms with Gasteiger partial charge < -0.3 is 14.7 Å². The molecule has 170 valence electrons. The Balaban J connectivity index is 1.66. The van der Waals surface area contributed by atoms with Gasteiger partial charge in [0.2, 0.25) is 5.91 Å². The number of halogens is 3. The van der Waals surface area contributed by atoms with Gasteiger partial charge in [0, 0.05) is 25.3 Å². The van der Waals surface area contributed by atoms with Crippen LogP contribution in [0.2, 0.25) is 0 Å². The summed E-state index contributed by atoms with van der Waals surface area (Å²) < 4.78 is 38.8. The average molecular weight is 447 g/mol. The Kier molecular flexibility index (Phi) is 5.56. The van der Waals surface area contributed by atoms with Crippen LogP contribution in [0.5, 0.6) is 0 Å². The summed E-state index contributed by atoms with van der Waals surface area (Å²) in [5, 5.41) is 8.02. The minimum absolute atomic E-state index is 0.0516. The van der Waals surface area contributed by atoms with Crippen molar-refractivity contribution in [2.75, 3.05) is 24.5 Å². The van der Waals surface area contributed by atoms with Crippen LogP contribution in [-0.2, 0) is 22.3 Å². The summed E-state index contributed by atoms with van der Waals surface area (Å²) in [6.45, 7) is 4.49. The number of alkyl halides is 3. The predicted molar refractivity (Wildman–Crippen MR) is 110 cm³/mol. The molecule has 2 saturated heterocycles. The molecule has 2 fully saturated rings. The maximum Gasteiger partial charge on any atom is 0.416 e. The van der Waals surface area contributed by atoms with Crippen LogP contribution in [0, 0.1) is 0 Å². The number of benzene rings is 1. The monoisotopic (exact) mass is 447 g/mol. The van der Waals surface area contributed by atoms with Crippen LogP contribution in [0.3, 0.4) is 0 Å². The number of piperazine rings is 1. The van der Waals surface area contributed by atoms with E-state index in [2.05, 4.69) is 10.2 Å². The molecular weight excluding hydrogens is 423 g/mol. The van der Waals surface area contributed by atoms with Gasteiger partial charge in [0.05, 0.1) is 12.1 Å². The first-order valence-electron chi connectivity index (χ1n) is 10.4. The van der Waals surface area contributed by atoms with Gasteiger partial charge in [-0.2, -0.15) is 18.3 Å². The molecule has 4 rings (SSSR count). The summed E-state index contributed by atoms with van der Waals surface area (Å²) in [4.78, 5) is 31.8. The van der Waals surface area contributed by atoms with Crippen molar-refractivity contribution in [2.24, 2.45) is 0 Å². The van der Waals surface area contributed by atoms with Crippen LogP contribution < -0.4 is 4.90 Å². The lowest BCUT2D eigenvalue weighted by Gasteiger charge is -2.48. The Morgan fingerprint density at radius 2 is 1.84 bits per heavy atom. The number of amides is 2. The van der Waals surface area contributed by atoms with E-state index >= 15 is 0 Å². The van der Waals surface area contributed by atoms with E-state index in [1.807, 2.05) is 18.7 Å². The van der Waals surface area contributed by atoms with Crippen LogP contribution in [0.25, 0.3) is 0 Å². The van der Waals surface area contributed by atoms with Crippen LogP contribution >= 0.6 is 0 Å². The number of carbonyl (C=O) groups excluding carboxylic acids is 2. The normalized spacial score (nSPS) is 21.9. The van der Waals surface area contributed by atoms with Crippen LogP contribution in [-0.4, -0.2) is 63.0 Å². The number of hydrogen-bond acceptors (Lipinski definition) is 5. The molecule has 3 heterocycles. The summed E-state index contributed by atoms with van der Waals surface area (Å²) in [6.07, 6.45) is -2.48. The topological polar surface area (TPSA) is 69.6 Å². The van der Waals surface area contributed by atoms with Gasteiger partial charge >= 0.3 is 6.18 Å². The fraction of sp³-hybridized carbons (Fsp3) is 0.455. The number of aromatic nitrogens is 2. The number of nitrogens with zero attached hydrogens (tertiary/aromatic N) is 5. The minimum atomic E-state index is -4.43. The van der Waals surface area contributed by atoms with Gasteiger partial charge in [-0.25, -0.2) is 0 Å². The molecule has 0 N–H and O–H groups in total. The van der Waals surface area contributed by atoms with Gasteiger partial charge in [0.1, 0.15) is 12.1 Å². The predicted octanol–water partition coefficient (Wildman–Crippen LogP) is 2.72. The fourth-order valence-corrected chi connectivity index (χ4v) is 4.41. The van der Waals surface area contributed by atoms with Crippen LogP contribution in [0.15, 0.2) is 42.6 Å². The quantitative estimate of drug-likeness (QED) is 0.721. The molecule has 10 heteroatoms. The Morgan fingerprint density at radius 1 is 1.12 bits per heavy atom. The summed E-state index contributed by atoms with van der Waals surface area (Å²) >= 11 is 0. The highest BCUT2D eigenvalue weighted by Crippen LogP contribution is 2.37. The van der Waals surface area contributed by atoms with E-state index in [9.17, 15) is 22.8 Å². The molecule has 2 aromatic rings. The smallest absolute Gasteiger partial charge is 0.352 e. The van der Waals surface area contributed by atoms with Gasteiger partial charge in [0.25, 0.3) is 5.91 Å². The van der Waals surface area contributed by atoms with Gasteiger partial charge in [-0.1, -0.05) is 12.1 Å². The molecule has 32 heavy (non-hydrogen) atoms. The molecule has 0 radical (unpaired) electrons. The maximum absolute atomic E-state index is 13.6. The van der Waals surface area contributed by atoms with Crippen molar-refractivity contribution in [3.63, 3.8) is 0 Å². The third-order valence-corrected chi connectivity index (χ3v) is 6.16. The van der Waals surface area contributed by atoms with Crippen molar-refractivity contribution in [3.05, 3.63) is 53.7 Å². The minimum Gasteiger partial charge on any atom is -0.352 e. The van der Waals surface area contributed by atoms with Gasteiger partial charge in [-0.05, 0) is 50.1 Å². The van der Waals surface area contributed by atoms with Crippen molar-refractivity contribution in [3.8, 4) is 0 Å². The first-order valence-corrected chi connectivity index (χ1v) is 10.4. The third-order valence-electron chi connectivity index (χ3n) is 6.16. The lowest BCUT2D eigenvalue weighted by Crippen LogP contribution is -2.69. The van der Waals surface area contributed by atoms with Crippen LogP contribution in [0.4, 0.5) is 19.0 Å². The van der Waals surface area contributed by atoms with E-state index in [-0.39, 0.29) is 37.5 Å². The Bertz CT molecular complexity index is 997. The Morgan fingerprint density at radius 3 is 2.44 bits per heavy atom. The van der Waals surface area contributed by atoms with Crippen molar-refractivity contribution < 1.29 is 22.8 Å². The molecule has 7 nitrogen and oxygen atoms in total. The highest BCUT2D eigenvalue weighted by atomic mass is 19.4. The number of anilines is 1. The zero-order valence-electron chi connectivity index (χ0n) is 17.8. The zero-order chi connectivity index (χ0) is 23.1. The van der Waals surface area contributed by atoms with Crippen molar-refractivity contribution in [1.82, 2.24) is 20.0 Å².